The van der Waals surface area contributed by atoms with E-state index in [9.17, 15) is 5.11 Å². The van der Waals surface area contributed by atoms with Crippen LogP contribution in [0.4, 0.5) is 0 Å². The highest BCUT2D eigenvalue weighted by Gasteiger charge is 2.52. The van der Waals surface area contributed by atoms with Gasteiger partial charge in [0.15, 0.2) is 5.58 Å². The van der Waals surface area contributed by atoms with Crippen LogP contribution in [0.3, 0.4) is 0 Å². The van der Waals surface area contributed by atoms with Crippen molar-refractivity contribution >= 4 is 35.3 Å². The normalized spacial score (nSPS) is 18.4. The number of fused-ring (bicyclic) bond motifs is 1. The van der Waals surface area contributed by atoms with E-state index in [1.807, 2.05) is 58.9 Å². The molecule has 1 aliphatic heterocycles. The SMILES string of the molecule is Cc1c(B2OC(C)(C)C(C)(C)O2)cccc1-c1nc2cc(C(C)(C)O)cc(Cl)c2o1. The first-order valence-electron chi connectivity index (χ1n) is 10.1. The number of rotatable bonds is 3. The minimum Gasteiger partial charge on any atom is -0.435 e. The van der Waals surface area contributed by atoms with E-state index in [2.05, 4.69) is 4.98 Å². The number of benzene rings is 2. The van der Waals surface area contributed by atoms with E-state index in [4.69, 9.17) is 25.3 Å². The van der Waals surface area contributed by atoms with Crippen molar-refractivity contribution in [3.8, 4) is 11.5 Å². The summed E-state index contributed by atoms with van der Waals surface area (Å²) in [6.07, 6.45) is 0. The maximum absolute atomic E-state index is 10.3. The zero-order chi connectivity index (χ0) is 22.1. The Kier molecular flexibility index (Phi) is 4.86. The summed E-state index contributed by atoms with van der Waals surface area (Å²) in [4.78, 5) is 4.66. The number of hydrogen-bond acceptors (Lipinski definition) is 5. The summed E-state index contributed by atoms with van der Waals surface area (Å²) in [6.45, 7) is 13.6. The van der Waals surface area contributed by atoms with Crippen molar-refractivity contribution < 1.29 is 18.8 Å². The largest absolute Gasteiger partial charge is 0.495 e. The highest BCUT2D eigenvalue weighted by Crippen LogP contribution is 2.38. The molecule has 1 aromatic heterocycles. The Morgan fingerprint density at radius 3 is 2.30 bits per heavy atom. The number of aromatic nitrogens is 1. The molecule has 158 valence electrons. The lowest BCUT2D eigenvalue weighted by Crippen LogP contribution is -2.41. The van der Waals surface area contributed by atoms with E-state index >= 15 is 0 Å². The maximum Gasteiger partial charge on any atom is 0.495 e. The lowest BCUT2D eigenvalue weighted by molar-refractivity contribution is 0.00578. The van der Waals surface area contributed by atoms with E-state index in [-0.39, 0.29) is 0 Å². The fourth-order valence-electron chi connectivity index (χ4n) is 3.57. The molecule has 5 nitrogen and oxygen atoms in total. The summed E-state index contributed by atoms with van der Waals surface area (Å²) in [6, 6.07) is 9.43. The number of nitrogens with zero attached hydrogens (tertiary/aromatic N) is 1. The van der Waals surface area contributed by atoms with Crippen molar-refractivity contribution in [2.45, 2.75) is 65.3 Å². The first-order chi connectivity index (χ1) is 13.8. The van der Waals surface area contributed by atoms with Crippen LogP contribution in [0.5, 0.6) is 0 Å². The summed E-state index contributed by atoms with van der Waals surface area (Å²) in [5, 5.41) is 10.8. The maximum atomic E-state index is 10.3. The molecule has 0 aliphatic carbocycles. The number of hydrogen-bond donors (Lipinski definition) is 1. The molecule has 0 radical (unpaired) electrons. The van der Waals surface area contributed by atoms with Gasteiger partial charge in [0.2, 0.25) is 5.89 Å². The average Bonchev–Trinajstić information content (AvgIpc) is 3.13. The second-order valence-electron chi connectivity index (χ2n) is 9.49. The Balaban J connectivity index is 1.78. The van der Waals surface area contributed by atoms with Crippen LogP contribution >= 0.6 is 11.6 Å². The molecule has 2 heterocycles. The van der Waals surface area contributed by atoms with Gasteiger partial charge in [-0.3, -0.25) is 0 Å². The monoisotopic (exact) mass is 427 g/mol. The molecule has 1 aliphatic rings. The first kappa shape index (κ1) is 21.4. The first-order valence-corrected chi connectivity index (χ1v) is 10.5. The fourth-order valence-corrected chi connectivity index (χ4v) is 3.82. The summed E-state index contributed by atoms with van der Waals surface area (Å²) >= 11 is 6.42. The summed E-state index contributed by atoms with van der Waals surface area (Å²) in [5.41, 5.74) is 2.69. The second-order valence-corrected chi connectivity index (χ2v) is 9.90. The molecule has 0 atom stereocenters. The van der Waals surface area contributed by atoms with Gasteiger partial charge in [-0.1, -0.05) is 23.7 Å². The Hall–Kier alpha value is -1.86. The van der Waals surface area contributed by atoms with Crippen LogP contribution in [0.15, 0.2) is 34.7 Å². The minimum atomic E-state index is -1.02. The smallest absolute Gasteiger partial charge is 0.435 e. The molecule has 3 aromatic rings. The Morgan fingerprint density at radius 1 is 1.07 bits per heavy atom. The van der Waals surface area contributed by atoms with Crippen LogP contribution in [0, 0.1) is 6.92 Å². The lowest BCUT2D eigenvalue weighted by atomic mass is 9.75. The molecule has 0 bridgehead atoms. The Morgan fingerprint density at radius 2 is 1.70 bits per heavy atom. The molecule has 1 saturated heterocycles. The summed E-state index contributed by atoms with van der Waals surface area (Å²) < 4.78 is 18.5. The van der Waals surface area contributed by atoms with Crippen LogP contribution in [0.25, 0.3) is 22.6 Å². The molecule has 1 fully saturated rings. The fraction of sp³-hybridized carbons (Fsp3) is 0.435. The van der Waals surface area contributed by atoms with Crippen molar-refractivity contribution in [2.24, 2.45) is 0 Å². The molecule has 30 heavy (non-hydrogen) atoms. The average molecular weight is 428 g/mol. The van der Waals surface area contributed by atoms with Gasteiger partial charge in [-0.25, -0.2) is 4.98 Å². The van der Waals surface area contributed by atoms with Gasteiger partial charge in [0.25, 0.3) is 0 Å². The summed E-state index contributed by atoms with van der Waals surface area (Å²) in [7, 11) is -0.468. The van der Waals surface area contributed by atoms with Crippen LogP contribution in [-0.2, 0) is 14.9 Å². The van der Waals surface area contributed by atoms with Gasteiger partial charge >= 0.3 is 7.12 Å². The Labute approximate surface area is 182 Å². The van der Waals surface area contributed by atoms with E-state index < -0.39 is 23.9 Å². The summed E-state index contributed by atoms with van der Waals surface area (Å²) in [5.74, 6) is 0.468. The van der Waals surface area contributed by atoms with Crippen LogP contribution in [0.2, 0.25) is 5.02 Å². The van der Waals surface area contributed by atoms with E-state index in [1.165, 1.54) is 0 Å². The van der Waals surface area contributed by atoms with Crippen LogP contribution in [0.1, 0.15) is 52.7 Å². The molecule has 0 saturated carbocycles. The number of halogens is 1. The van der Waals surface area contributed by atoms with Gasteiger partial charge in [0, 0.05) is 5.56 Å². The van der Waals surface area contributed by atoms with Gasteiger partial charge in [-0.05, 0) is 83.3 Å². The highest BCUT2D eigenvalue weighted by atomic mass is 35.5. The topological polar surface area (TPSA) is 64.7 Å². The van der Waals surface area contributed by atoms with Gasteiger partial charge in [0.1, 0.15) is 5.52 Å². The number of aliphatic hydroxyl groups is 1. The third-order valence-corrected chi connectivity index (χ3v) is 6.55. The van der Waals surface area contributed by atoms with Crippen molar-refractivity contribution in [1.82, 2.24) is 4.98 Å². The Bertz CT molecular complexity index is 1110. The van der Waals surface area contributed by atoms with E-state index in [0.29, 0.717) is 27.6 Å². The van der Waals surface area contributed by atoms with Gasteiger partial charge in [-0.2, -0.15) is 0 Å². The van der Waals surface area contributed by atoms with Crippen molar-refractivity contribution in [2.75, 3.05) is 0 Å². The molecular weight excluding hydrogens is 401 g/mol. The third-order valence-electron chi connectivity index (χ3n) is 6.26. The molecule has 0 unspecified atom stereocenters. The van der Waals surface area contributed by atoms with Crippen LogP contribution in [-0.4, -0.2) is 28.4 Å². The molecule has 4 rings (SSSR count). The zero-order valence-electron chi connectivity index (χ0n) is 18.5. The molecule has 0 spiro atoms. The molecule has 2 aromatic carbocycles. The second kappa shape index (κ2) is 6.82. The van der Waals surface area contributed by atoms with Crippen molar-refractivity contribution in [3.63, 3.8) is 0 Å². The van der Waals surface area contributed by atoms with Gasteiger partial charge in [-0.15, -0.1) is 0 Å². The predicted molar refractivity (Wildman–Crippen MR) is 120 cm³/mol. The van der Waals surface area contributed by atoms with Gasteiger partial charge in [0.05, 0.1) is 21.8 Å². The molecule has 0 amide bonds. The highest BCUT2D eigenvalue weighted by molar-refractivity contribution is 6.62. The lowest BCUT2D eigenvalue weighted by Gasteiger charge is -2.32. The van der Waals surface area contributed by atoms with Crippen molar-refractivity contribution in [1.29, 1.82) is 0 Å². The van der Waals surface area contributed by atoms with Gasteiger partial charge < -0.3 is 18.8 Å². The number of oxazole rings is 1. The molecule has 1 N–H and O–H groups in total. The van der Waals surface area contributed by atoms with E-state index in [0.717, 1.165) is 16.6 Å². The predicted octanol–water partition coefficient (Wildman–Crippen LogP) is 4.98. The quantitative estimate of drug-likeness (QED) is 0.597. The van der Waals surface area contributed by atoms with Crippen LogP contribution < -0.4 is 5.46 Å². The van der Waals surface area contributed by atoms with Crippen molar-refractivity contribution in [3.05, 3.63) is 46.5 Å². The minimum absolute atomic E-state index is 0.418. The molecular formula is C23H27BClNO4. The zero-order valence-corrected chi connectivity index (χ0v) is 19.2. The third kappa shape index (κ3) is 3.46. The molecule has 7 heteroatoms. The van der Waals surface area contributed by atoms with E-state index in [1.54, 1.807) is 19.9 Å². The standard InChI is InChI=1S/C23H27BClNO4/c1-13-15(9-8-10-16(13)24-29-22(4,5)23(6,7)30-24)20-26-18-12-14(21(2,3)27)11-17(25)19(18)28-20/h8-12,27H,1-7H3.